The van der Waals surface area contributed by atoms with Crippen molar-refractivity contribution >= 4 is 21.6 Å². The fourth-order valence-electron chi connectivity index (χ4n) is 1.32. The summed E-state index contributed by atoms with van der Waals surface area (Å²) in [4.78, 5) is 0. The van der Waals surface area contributed by atoms with E-state index >= 15 is 0 Å². The Bertz CT molecular complexity index is 474. The van der Waals surface area contributed by atoms with Gasteiger partial charge in [-0.1, -0.05) is 18.7 Å². The summed E-state index contributed by atoms with van der Waals surface area (Å²) >= 11 is 0.506. The van der Waals surface area contributed by atoms with Crippen LogP contribution in [0.25, 0.3) is 0 Å². The lowest BCUT2D eigenvalue weighted by molar-refractivity contribution is 0.251. The highest BCUT2D eigenvalue weighted by Crippen LogP contribution is 2.21. The average molecular weight is 313 g/mol. The number of hydrogen-bond acceptors (Lipinski definition) is 5. The predicted molar refractivity (Wildman–Crippen MR) is 72.0 cm³/mol. The standard InChI is InChI=1S/C11H17F2NO3S2/c1-2-19(15,16)6-5-14-7-9-3-4-10(17-9)8-18-11(12)13/h3-4,11,14H,2,5-8H2,1H3. The summed E-state index contributed by atoms with van der Waals surface area (Å²) in [6, 6.07) is 3.35. The van der Waals surface area contributed by atoms with E-state index in [0.717, 1.165) is 0 Å². The Labute approximate surface area is 115 Å². The lowest BCUT2D eigenvalue weighted by Gasteiger charge is -2.03. The van der Waals surface area contributed by atoms with Crippen LogP contribution < -0.4 is 5.32 Å². The van der Waals surface area contributed by atoms with E-state index in [9.17, 15) is 17.2 Å². The number of thioether (sulfide) groups is 1. The van der Waals surface area contributed by atoms with Crippen molar-refractivity contribution in [2.24, 2.45) is 0 Å². The third-order valence-corrected chi connectivity index (χ3v) is 4.81. The largest absolute Gasteiger partial charge is 0.464 e. The molecule has 0 aliphatic carbocycles. The van der Waals surface area contributed by atoms with E-state index in [2.05, 4.69) is 5.32 Å². The zero-order valence-corrected chi connectivity index (χ0v) is 12.2. The second-order valence-electron chi connectivity index (χ2n) is 3.85. The maximum atomic E-state index is 12.0. The van der Waals surface area contributed by atoms with Gasteiger partial charge in [-0.2, -0.15) is 8.78 Å². The van der Waals surface area contributed by atoms with Crippen molar-refractivity contribution in [3.05, 3.63) is 23.7 Å². The molecule has 0 saturated carbocycles. The number of halogens is 2. The summed E-state index contributed by atoms with van der Waals surface area (Å²) in [5.74, 6) is -0.974. The van der Waals surface area contributed by atoms with Crippen molar-refractivity contribution in [1.29, 1.82) is 0 Å². The van der Waals surface area contributed by atoms with Gasteiger partial charge in [0.15, 0.2) is 9.84 Å². The number of sulfone groups is 1. The summed E-state index contributed by atoms with van der Waals surface area (Å²) in [5, 5.41) is 2.94. The minimum Gasteiger partial charge on any atom is -0.464 e. The number of furan rings is 1. The van der Waals surface area contributed by atoms with Gasteiger partial charge in [-0.3, -0.25) is 0 Å². The van der Waals surface area contributed by atoms with Gasteiger partial charge in [0, 0.05) is 12.3 Å². The van der Waals surface area contributed by atoms with Gasteiger partial charge < -0.3 is 9.73 Å². The van der Waals surface area contributed by atoms with Crippen molar-refractivity contribution in [2.75, 3.05) is 18.1 Å². The molecule has 8 heteroatoms. The highest BCUT2D eigenvalue weighted by atomic mass is 32.2. The SMILES string of the molecule is CCS(=O)(=O)CCNCc1ccc(CSC(F)F)o1. The molecular weight excluding hydrogens is 296 g/mol. The van der Waals surface area contributed by atoms with Gasteiger partial charge >= 0.3 is 0 Å². The van der Waals surface area contributed by atoms with Crippen LogP contribution in [0.2, 0.25) is 0 Å². The molecule has 1 heterocycles. The van der Waals surface area contributed by atoms with Gasteiger partial charge in [-0.25, -0.2) is 8.42 Å². The predicted octanol–water partition coefficient (Wildman–Crippen LogP) is 2.26. The van der Waals surface area contributed by atoms with Crippen molar-refractivity contribution in [1.82, 2.24) is 5.32 Å². The van der Waals surface area contributed by atoms with Crippen molar-refractivity contribution < 1.29 is 21.6 Å². The minimum absolute atomic E-state index is 0.0816. The molecule has 0 amide bonds. The first-order chi connectivity index (χ1) is 8.93. The Morgan fingerprint density at radius 1 is 1.37 bits per heavy atom. The third-order valence-electron chi connectivity index (χ3n) is 2.40. The minimum atomic E-state index is -2.97. The lowest BCUT2D eigenvalue weighted by atomic mass is 10.4. The molecule has 1 N–H and O–H groups in total. The van der Waals surface area contributed by atoms with E-state index in [0.29, 0.717) is 36.4 Å². The van der Waals surface area contributed by atoms with Crippen LogP contribution in [0.3, 0.4) is 0 Å². The number of alkyl halides is 2. The third kappa shape index (κ3) is 6.93. The van der Waals surface area contributed by atoms with Crippen molar-refractivity contribution in [2.45, 2.75) is 25.0 Å². The molecule has 110 valence electrons. The Hall–Kier alpha value is -0.600. The second-order valence-corrected chi connectivity index (χ2v) is 7.30. The molecule has 1 rings (SSSR count). The normalized spacial score (nSPS) is 12.2. The number of nitrogens with one attached hydrogen (secondary N) is 1. The van der Waals surface area contributed by atoms with Crippen LogP contribution in [0, 0.1) is 0 Å². The van der Waals surface area contributed by atoms with Crippen LogP contribution in [-0.4, -0.2) is 32.2 Å². The van der Waals surface area contributed by atoms with Gasteiger partial charge in [0.2, 0.25) is 0 Å². The Morgan fingerprint density at radius 2 is 2.05 bits per heavy atom. The Kier molecular flexibility index (Phi) is 6.81. The van der Waals surface area contributed by atoms with E-state index in [-0.39, 0.29) is 17.3 Å². The fraction of sp³-hybridized carbons (Fsp3) is 0.636. The molecule has 0 aliphatic heterocycles. The lowest BCUT2D eigenvalue weighted by Crippen LogP contribution is -2.23. The molecule has 0 radical (unpaired) electrons. The van der Waals surface area contributed by atoms with Crippen molar-refractivity contribution in [3.63, 3.8) is 0 Å². The zero-order valence-electron chi connectivity index (χ0n) is 10.6. The summed E-state index contributed by atoms with van der Waals surface area (Å²) in [7, 11) is -2.97. The molecule has 0 atom stereocenters. The van der Waals surface area contributed by atoms with Gasteiger partial charge in [0.25, 0.3) is 5.76 Å². The molecule has 1 aromatic rings. The van der Waals surface area contributed by atoms with E-state index in [1.54, 1.807) is 19.1 Å². The Morgan fingerprint density at radius 3 is 2.68 bits per heavy atom. The van der Waals surface area contributed by atoms with Gasteiger partial charge in [0.05, 0.1) is 18.1 Å². The highest BCUT2D eigenvalue weighted by molar-refractivity contribution is 7.98. The van der Waals surface area contributed by atoms with E-state index in [1.807, 2.05) is 0 Å². The second kappa shape index (κ2) is 7.86. The van der Waals surface area contributed by atoms with E-state index in [1.165, 1.54) is 0 Å². The molecule has 0 aliphatic rings. The first kappa shape index (κ1) is 16.5. The van der Waals surface area contributed by atoms with Gasteiger partial charge in [-0.05, 0) is 12.1 Å². The summed E-state index contributed by atoms with van der Waals surface area (Å²) < 4.78 is 51.7. The molecule has 0 spiro atoms. The molecule has 0 fully saturated rings. The first-order valence-corrected chi connectivity index (χ1v) is 8.68. The van der Waals surface area contributed by atoms with Crippen LogP contribution in [0.5, 0.6) is 0 Å². The van der Waals surface area contributed by atoms with Crippen LogP contribution in [0.1, 0.15) is 18.4 Å². The molecule has 0 unspecified atom stereocenters. The fourth-order valence-corrected chi connectivity index (χ4v) is 2.51. The van der Waals surface area contributed by atoms with E-state index < -0.39 is 15.6 Å². The summed E-state index contributed by atoms with van der Waals surface area (Å²) in [6.45, 7) is 2.34. The molecule has 0 bridgehead atoms. The maximum Gasteiger partial charge on any atom is 0.284 e. The molecular formula is C11H17F2NO3S2. The Balaban J connectivity index is 2.27. The van der Waals surface area contributed by atoms with E-state index in [4.69, 9.17) is 4.42 Å². The number of hydrogen-bond donors (Lipinski definition) is 1. The zero-order chi connectivity index (χ0) is 14.3. The molecule has 0 aromatic carbocycles. The smallest absolute Gasteiger partial charge is 0.284 e. The maximum absolute atomic E-state index is 12.0. The first-order valence-electron chi connectivity index (χ1n) is 5.81. The van der Waals surface area contributed by atoms with Crippen LogP contribution in [0.15, 0.2) is 16.5 Å². The number of rotatable bonds is 9. The summed E-state index contributed by atoms with van der Waals surface area (Å²) in [6.07, 6.45) is 0. The molecule has 19 heavy (non-hydrogen) atoms. The monoisotopic (exact) mass is 313 g/mol. The van der Waals surface area contributed by atoms with Crippen LogP contribution in [0.4, 0.5) is 8.78 Å². The average Bonchev–Trinajstić information content (AvgIpc) is 2.80. The quantitative estimate of drug-likeness (QED) is 0.709. The molecule has 0 saturated heterocycles. The molecule has 4 nitrogen and oxygen atoms in total. The topological polar surface area (TPSA) is 59.3 Å². The van der Waals surface area contributed by atoms with Gasteiger partial charge in [0.1, 0.15) is 11.5 Å². The molecule has 1 aromatic heterocycles. The van der Waals surface area contributed by atoms with Gasteiger partial charge in [-0.15, -0.1) is 0 Å². The highest BCUT2D eigenvalue weighted by Gasteiger charge is 2.08. The van der Waals surface area contributed by atoms with Crippen LogP contribution >= 0.6 is 11.8 Å². The van der Waals surface area contributed by atoms with Crippen LogP contribution in [-0.2, 0) is 22.1 Å². The summed E-state index contributed by atoms with van der Waals surface area (Å²) in [5.41, 5.74) is 0. The van der Waals surface area contributed by atoms with Crippen molar-refractivity contribution in [3.8, 4) is 0 Å².